The van der Waals surface area contributed by atoms with E-state index in [-0.39, 0.29) is 0 Å². The monoisotopic (exact) mass is 785 g/mol. The van der Waals surface area contributed by atoms with Crippen molar-refractivity contribution in [2.24, 2.45) is 0 Å². The van der Waals surface area contributed by atoms with Crippen LogP contribution in [0.1, 0.15) is 32.6 Å². The van der Waals surface area contributed by atoms with Crippen molar-refractivity contribution in [1.82, 2.24) is 4.57 Å². The van der Waals surface area contributed by atoms with Gasteiger partial charge in [-0.1, -0.05) is 160 Å². The molecule has 0 bridgehead atoms. The normalized spacial score (nSPS) is 11.7. The average Bonchev–Trinajstić information content (AvgIpc) is 3.62. The van der Waals surface area contributed by atoms with Gasteiger partial charge >= 0.3 is 0 Å². The second kappa shape index (κ2) is 15.7. The fourth-order valence-electron chi connectivity index (χ4n) is 9.59. The van der Waals surface area contributed by atoms with E-state index in [1.807, 2.05) is 0 Å². The van der Waals surface area contributed by atoms with Crippen molar-refractivity contribution in [2.75, 3.05) is 9.80 Å². The van der Waals surface area contributed by atoms with E-state index in [1.54, 1.807) is 0 Å². The molecule has 0 radical (unpaired) electrons. The van der Waals surface area contributed by atoms with Gasteiger partial charge in [0.1, 0.15) is 0 Å². The van der Waals surface area contributed by atoms with Crippen LogP contribution < -0.4 is 9.80 Å². The van der Waals surface area contributed by atoms with Gasteiger partial charge in [0.05, 0.1) is 11.4 Å². The summed E-state index contributed by atoms with van der Waals surface area (Å²) >= 11 is 0. The van der Waals surface area contributed by atoms with Gasteiger partial charge in [-0.3, -0.25) is 0 Å². The summed E-state index contributed by atoms with van der Waals surface area (Å²) in [7, 11) is 0. The number of benzene rings is 10. The number of fused-ring (bicyclic) bond motifs is 7. The fraction of sp³-hybridized carbons (Fsp3) is 0.103. The molecule has 1 heterocycles. The van der Waals surface area contributed by atoms with Crippen LogP contribution in [0.5, 0.6) is 0 Å². The molecule has 0 saturated carbocycles. The minimum absolute atomic E-state index is 0.980. The molecule has 0 fully saturated rings. The number of nitrogens with zero attached hydrogens (tertiary/aromatic N) is 3. The van der Waals surface area contributed by atoms with Gasteiger partial charge in [-0.15, -0.1) is 0 Å². The number of rotatable bonds is 11. The molecule has 0 aliphatic carbocycles. The number of hydrogen-bond acceptors (Lipinski definition) is 2. The van der Waals surface area contributed by atoms with Crippen LogP contribution in [0, 0.1) is 0 Å². The highest BCUT2D eigenvalue weighted by Gasteiger charge is 2.21. The lowest BCUT2D eigenvalue weighted by Gasteiger charge is -2.28. The number of anilines is 6. The highest BCUT2D eigenvalue weighted by atomic mass is 15.2. The van der Waals surface area contributed by atoms with Crippen LogP contribution in [0.25, 0.3) is 64.9 Å². The van der Waals surface area contributed by atoms with E-state index in [0.29, 0.717) is 0 Å². The molecular weight excluding hydrogens is 739 g/mol. The first-order chi connectivity index (χ1) is 30.2. The van der Waals surface area contributed by atoms with Crippen LogP contribution in [-0.2, 0) is 6.54 Å². The summed E-state index contributed by atoms with van der Waals surface area (Å²) in [6.07, 6.45) is 4.84. The number of aromatic nitrogens is 1. The van der Waals surface area contributed by atoms with Crippen molar-refractivity contribution in [3.05, 3.63) is 206 Å². The molecule has 10 aromatic carbocycles. The van der Waals surface area contributed by atoms with Gasteiger partial charge in [-0.05, 0) is 112 Å². The Bertz CT molecular complexity index is 3160. The third kappa shape index (κ3) is 6.63. The molecule has 11 aromatic rings. The Morgan fingerprint density at radius 1 is 0.328 bits per heavy atom. The van der Waals surface area contributed by atoms with E-state index in [2.05, 4.69) is 228 Å². The van der Waals surface area contributed by atoms with E-state index < -0.39 is 0 Å². The van der Waals surface area contributed by atoms with Crippen molar-refractivity contribution < 1.29 is 0 Å². The number of hydrogen-bond donors (Lipinski definition) is 0. The summed E-state index contributed by atoms with van der Waals surface area (Å²) < 4.78 is 2.57. The Balaban J connectivity index is 1.15. The lowest BCUT2D eigenvalue weighted by atomic mass is 10.0. The zero-order valence-electron chi connectivity index (χ0n) is 34.5. The molecule has 0 aliphatic heterocycles. The smallest absolute Gasteiger partial charge is 0.0540 e. The quantitative estimate of drug-likeness (QED) is 0.121. The molecule has 0 spiro atoms. The Kier molecular flexibility index (Phi) is 9.43. The second-order valence-corrected chi connectivity index (χ2v) is 16.3. The van der Waals surface area contributed by atoms with Gasteiger partial charge in [0, 0.05) is 61.9 Å². The second-order valence-electron chi connectivity index (χ2n) is 16.3. The fourth-order valence-corrected chi connectivity index (χ4v) is 9.59. The maximum atomic E-state index is 2.57. The Morgan fingerprint density at radius 2 is 0.738 bits per heavy atom. The number of unbranched alkanes of at least 4 members (excludes halogenated alkanes) is 3. The van der Waals surface area contributed by atoms with Gasteiger partial charge in [0.15, 0.2) is 0 Å². The Hall–Kier alpha value is -7.36. The van der Waals surface area contributed by atoms with Crippen molar-refractivity contribution in [2.45, 2.75) is 39.2 Å². The Labute approximate surface area is 357 Å². The van der Waals surface area contributed by atoms with E-state index >= 15 is 0 Å². The van der Waals surface area contributed by atoms with Gasteiger partial charge in [0.25, 0.3) is 0 Å². The molecule has 0 saturated heterocycles. The largest absolute Gasteiger partial charge is 0.340 e. The minimum Gasteiger partial charge on any atom is -0.340 e. The zero-order valence-corrected chi connectivity index (χ0v) is 34.5. The van der Waals surface area contributed by atoms with Crippen molar-refractivity contribution in [3.63, 3.8) is 0 Å². The van der Waals surface area contributed by atoms with Crippen LogP contribution in [-0.4, -0.2) is 4.57 Å². The summed E-state index contributed by atoms with van der Waals surface area (Å²) in [5, 5.41) is 12.3. The molecule has 0 amide bonds. The summed E-state index contributed by atoms with van der Waals surface area (Å²) in [5.41, 5.74) is 9.40. The predicted molar refractivity (Wildman–Crippen MR) is 263 cm³/mol. The van der Waals surface area contributed by atoms with Crippen LogP contribution in [0.2, 0.25) is 0 Å². The van der Waals surface area contributed by atoms with E-state index in [0.717, 1.165) is 47.1 Å². The van der Waals surface area contributed by atoms with Gasteiger partial charge < -0.3 is 14.4 Å². The first kappa shape index (κ1) is 36.7. The highest BCUT2D eigenvalue weighted by molar-refractivity contribution is 6.12. The maximum absolute atomic E-state index is 2.57. The molecule has 0 N–H and O–H groups in total. The van der Waals surface area contributed by atoms with Crippen LogP contribution >= 0.6 is 0 Å². The molecule has 61 heavy (non-hydrogen) atoms. The summed E-state index contributed by atoms with van der Waals surface area (Å²) in [6.45, 7) is 3.27. The first-order valence-electron chi connectivity index (χ1n) is 21.8. The SMILES string of the molecule is CCCCCCn1c2ccc(N(c3ccc4ccccc4c3)c3cccc4ccccc34)cc2c2cc(N(c3ccc4ccccc4c3)c3cccc4ccccc34)ccc21. The molecule has 0 unspecified atom stereocenters. The molecule has 3 nitrogen and oxygen atoms in total. The molecule has 0 atom stereocenters. The lowest BCUT2D eigenvalue weighted by Crippen LogP contribution is -2.10. The Morgan fingerprint density at radius 3 is 1.23 bits per heavy atom. The van der Waals surface area contributed by atoms with Crippen molar-refractivity contribution >= 4 is 99.0 Å². The van der Waals surface area contributed by atoms with Crippen LogP contribution in [0.4, 0.5) is 34.1 Å². The molecule has 294 valence electrons. The summed E-state index contributed by atoms with van der Waals surface area (Å²) in [5.74, 6) is 0. The van der Waals surface area contributed by atoms with E-state index in [1.165, 1.54) is 84.2 Å². The van der Waals surface area contributed by atoms with Gasteiger partial charge in [0.2, 0.25) is 0 Å². The molecule has 0 aliphatic rings. The molecular formula is C58H47N3. The first-order valence-corrected chi connectivity index (χ1v) is 21.8. The predicted octanol–water partition coefficient (Wildman–Crippen LogP) is 16.9. The third-order valence-electron chi connectivity index (χ3n) is 12.6. The topological polar surface area (TPSA) is 11.4 Å². The highest BCUT2D eigenvalue weighted by Crippen LogP contribution is 2.45. The summed E-state index contributed by atoms with van der Waals surface area (Å²) in [6, 6.07) is 76.2. The molecule has 11 rings (SSSR count). The lowest BCUT2D eigenvalue weighted by molar-refractivity contribution is 0.602. The zero-order chi connectivity index (χ0) is 40.7. The standard InChI is InChI=1S/C58H47N3/c1-2-3-4-13-36-59-55-34-32-49(60(47-30-28-41-16-5-7-20-45(41)37-47)57-26-14-22-43-18-9-11-24-51(43)57)39-53(55)54-40-50(33-35-56(54)59)61(48-31-29-42-17-6-8-21-46(42)38-48)58-27-15-23-44-19-10-12-25-52(44)58/h5-12,14-35,37-40H,2-4,13,36H2,1H3. The third-order valence-corrected chi connectivity index (χ3v) is 12.6. The number of aryl methyl sites for hydroxylation is 1. The van der Waals surface area contributed by atoms with Crippen LogP contribution in [0.15, 0.2) is 206 Å². The van der Waals surface area contributed by atoms with Crippen molar-refractivity contribution in [1.29, 1.82) is 0 Å². The maximum Gasteiger partial charge on any atom is 0.0540 e. The van der Waals surface area contributed by atoms with Gasteiger partial charge in [-0.2, -0.15) is 0 Å². The van der Waals surface area contributed by atoms with Crippen LogP contribution in [0.3, 0.4) is 0 Å². The van der Waals surface area contributed by atoms with E-state index in [9.17, 15) is 0 Å². The summed E-state index contributed by atoms with van der Waals surface area (Å²) in [4.78, 5) is 4.92. The molecule has 3 heteroatoms. The van der Waals surface area contributed by atoms with E-state index in [4.69, 9.17) is 0 Å². The van der Waals surface area contributed by atoms with Crippen molar-refractivity contribution in [3.8, 4) is 0 Å². The van der Waals surface area contributed by atoms with Gasteiger partial charge in [-0.25, -0.2) is 0 Å². The molecule has 1 aromatic heterocycles. The average molecular weight is 786 g/mol. The minimum atomic E-state index is 0.980.